The van der Waals surface area contributed by atoms with Crippen LogP contribution in [0.4, 0.5) is 4.39 Å². The second kappa shape index (κ2) is 7.14. The van der Waals surface area contributed by atoms with Crippen molar-refractivity contribution in [1.29, 1.82) is 0 Å². The minimum absolute atomic E-state index is 0.0480. The van der Waals surface area contributed by atoms with Gasteiger partial charge in [-0.15, -0.1) is 0 Å². The van der Waals surface area contributed by atoms with Crippen molar-refractivity contribution in [3.05, 3.63) is 82.9 Å². The summed E-state index contributed by atoms with van der Waals surface area (Å²) in [6, 6.07) is 15.2. The maximum atomic E-state index is 14.8. The normalized spacial score (nSPS) is 26.2. The lowest BCUT2D eigenvalue weighted by atomic mass is 9.77. The number of halogens is 1. The Kier molecular flexibility index (Phi) is 4.46. The molecule has 5 heteroatoms. The summed E-state index contributed by atoms with van der Waals surface area (Å²) < 4.78 is 20.9. The summed E-state index contributed by atoms with van der Waals surface area (Å²) in [5.74, 6) is -0.901. The van der Waals surface area contributed by atoms with Crippen molar-refractivity contribution >= 4 is 11.7 Å². The third kappa shape index (κ3) is 2.96. The van der Waals surface area contributed by atoms with Crippen molar-refractivity contribution in [3.63, 3.8) is 0 Å². The molecule has 3 atom stereocenters. The summed E-state index contributed by atoms with van der Waals surface area (Å²) in [7, 11) is 0. The molecule has 2 aliphatic heterocycles. The molecule has 0 radical (unpaired) electrons. The third-order valence-corrected chi connectivity index (χ3v) is 6.25. The standard InChI is InChI=1S/C24H22FNO3/c25-18-12-6-4-10-16(18)21-20-22(27)17-11-5-7-13-19(17)29-23(20)24(28)26(21)14-15-8-2-1-3-9-15/h1-4,6,8-10,12,17,19,21H,5,7,11,13-14H2. The van der Waals surface area contributed by atoms with Gasteiger partial charge in [0.25, 0.3) is 5.91 Å². The van der Waals surface area contributed by atoms with Crippen LogP contribution in [0, 0.1) is 11.7 Å². The summed E-state index contributed by atoms with van der Waals surface area (Å²) in [5, 5.41) is 0. The van der Waals surface area contributed by atoms with Gasteiger partial charge in [-0.3, -0.25) is 9.59 Å². The van der Waals surface area contributed by atoms with Gasteiger partial charge in [-0.1, -0.05) is 55.0 Å². The van der Waals surface area contributed by atoms with E-state index in [0.717, 1.165) is 31.2 Å². The van der Waals surface area contributed by atoms with E-state index >= 15 is 0 Å². The number of rotatable bonds is 3. The molecule has 2 heterocycles. The van der Waals surface area contributed by atoms with Crippen LogP contribution in [0.1, 0.15) is 42.9 Å². The lowest BCUT2D eigenvalue weighted by Crippen LogP contribution is -2.39. The second-order valence-electron chi connectivity index (χ2n) is 8.00. The lowest BCUT2D eigenvalue weighted by Gasteiger charge is -2.35. The zero-order valence-electron chi connectivity index (χ0n) is 16.0. The first-order valence-electron chi connectivity index (χ1n) is 10.2. The van der Waals surface area contributed by atoms with Crippen LogP contribution in [-0.2, 0) is 20.9 Å². The molecule has 148 valence electrons. The summed E-state index contributed by atoms with van der Waals surface area (Å²) in [5.41, 5.74) is 1.60. The SMILES string of the molecule is O=C1C2=C(OC3CCCCC13)C(=O)N(Cc1ccccc1)C2c1ccccc1F. The van der Waals surface area contributed by atoms with Crippen LogP contribution in [0.3, 0.4) is 0 Å². The molecule has 29 heavy (non-hydrogen) atoms. The molecule has 0 spiro atoms. The number of carbonyl (C=O) groups is 2. The predicted molar refractivity (Wildman–Crippen MR) is 105 cm³/mol. The zero-order chi connectivity index (χ0) is 20.0. The van der Waals surface area contributed by atoms with Crippen molar-refractivity contribution in [1.82, 2.24) is 4.90 Å². The molecule has 1 aliphatic carbocycles. The fourth-order valence-electron chi connectivity index (χ4n) is 4.86. The van der Waals surface area contributed by atoms with Gasteiger partial charge in [-0.05, 0) is 30.9 Å². The average molecular weight is 391 g/mol. The number of ketones is 1. The fraction of sp³-hybridized carbons (Fsp3) is 0.333. The Bertz CT molecular complexity index is 1000. The van der Waals surface area contributed by atoms with Crippen LogP contribution in [0.15, 0.2) is 65.9 Å². The highest BCUT2D eigenvalue weighted by Crippen LogP contribution is 2.47. The lowest BCUT2D eigenvalue weighted by molar-refractivity contribution is -0.135. The van der Waals surface area contributed by atoms with E-state index in [1.165, 1.54) is 6.07 Å². The van der Waals surface area contributed by atoms with Gasteiger partial charge in [0.15, 0.2) is 11.5 Å². The summed E-state index contributed by atoms with van der Waals surface area (Å²) >= 11 is 0. The number of hydrogen-bond donors (Lipinski definition) is 0. The molecule has 1 amide bonds. The number of ether oxygens (including phenoxy) is 1. The van der Waals surface area contributed by atoms with Crippen LogP contribution < -0.4 is 0 Å². The van der Waals surface area contributed by atoms with E-state index in [9.17, 15) is 14.0 Å². The number of fused-ring (bicyclic) bond motifs is 1. The Labute approximate surface area is 169 Å². The Balaban J connectivity index is 1.61. The maximum Gasteiger partial charge on any atom is 0.290 e. The minimum atomic E-state index is -0.755. The smallest absolute Gasteiger partial charge is 0.290 e. The molecule has 2 aromatic rings. The predicted octanol–water partition coefficient (Wildman–Crippen LogP) is 4.32. The summed E-state index contributed by atoms with van der Waals surface area (Å²) in [4.78, 5) is 28.3. The quantitative estimate of drug-likeness (QED) is 0.783. The van der Waals surface area contributed by atoms with Crippen molar-refractivity contribution in [2.24, 2.45) is 5.92 Å². The highest BCUT2D eigenvalue weighted by Gasteiger charge is 2.52. The van der Waals surface area contributed by atoms with Gasteiger partial charge in [-0.2, -0.15) is 0 Å². The van der Waals surface area contributed by atoms with Gasteiger partial charge in [-0.25, -0.2) is 4.39 Å². The van der Waals surface area contributed by atoms with Gasteiger partial charge >= 0.3 is 0 Å². The Hall–Kier alpha value is -2.95. The number of Topliss-reactive ketones (excluding diaryl/α,β-unsaturated/α-hetero) is 1. The third-order valence-electron chi connectivity index (χ3n) is 6.25. The number of benzene rings is 2. The van der Waals surface area contributed by atoms with Crippen molar-refractivity contribution < 1.29 is 18.7 Å². The first kappa shape index (κ1) is 18.1. The molecule has 0 saturated heterocycles. The van der Waals surface area contributed by atoms with Gasteiger partial charge in [0.05, 0.1) is 17.5 Å². The van der Waals surface area contributed by atoms with Gasteiger partial charge < -0.3 is 9.64 Å². The van der Waals surface area contributed by atoms with E-state index in [4.69, 9.17) is 4.74 Å². The van der Waals surface area contributed by atoms with E-state index in [1.807, 2.05) is 30.3 Å². The van der Waals surface area contributed by atoms with E-state index < -0.39 is 11.9 Å². The van der Waals surface area contributed by atoms with Gasteiger partial charge in [0.2, 0.25) is 0 Å². The first-order valence-corrected chi connectivity index (χ1v) is 10.2. The Morgan fingerprint density at radius 3 is 2.48 bits per heavy atom. The van der Waals surface area contributed by atoms with E-state index in [2.05, 4.69) is 0 Å². The first-order chi connectivity index (χ1) is 14.1. The van der Waals surface area contributed by atoms with Crippen molar-refractivity contribution in [3.8, 4) is 0 Å². The molecule has 5 rings (SSSR count). The van der Waals surface area contributed by atoms with E-state index in [0.29, 0.717) is 11.1 Å². The zero-order valence-corrected chi connectivity index (χ0v) is 16.0. The summed E-state index contributed by atoms with van der Waals surface area (Å²) in [6.07, 6.45) is 3.28. The molecule has 3 aliphatic rings. The molecule has 3 unspecified atom stereocenters. The number of amides is 1. The molecular weight excluding hydrogens is 369 g/mol. The van der Waals surface area contributed by atoms with E-state index in [-0.39, 0.29) is 36.0 Å². The van der Waals surface area contributed by atoms with Crippen LogP contribution in [0.25, 0.3) is 0 Å². The van der Waals surface area contributed by atoms with Gasteiger partial charge in [0.1, 0.15) is 11.9 Å². The second-order valence-corrected chi connectivity index (χ2v) is 8.00. The molecule has 0 N–H and O–H groups in total. The number of hydrogen-bond acceptors (Lipinski definition) is 3. The minimum Gasteiger partial charge on any atom is -0.483 e. The van der Waals surface area contributed by atoms with Crippen LogP contribution in [0.5, 0.6) is 0 Å². The highest BCUT2D eigenvalue weighted by molar-refractivity contribution is 6.11. The Morgan fingerprint density at radius 1 is 0.966 bits per heavy atom. The van der Waals surface area contributed by atoms with Gasteiger partial charge in [0, 0.05) is 12.1 Å². The van der Waals surface area contributed by atoms with Crippen LogP contribution in [-0.4, -0.2) is 22.7 Å². The number of carbonyl (C=O) groups excluding carboxylic acids is 2. The molecule has 1 fully saturated rings. The fourth-order valence-corrected chi connectivity index (χ4v) is 4.86. The number of nitrogens with zero attached hydrogens (tertiary/aromatic N) is 1. The summed E-state index contributed by atoms with van der Waals surface area (Å²) in [6.45, 7) is 0.289. The molecule has 2 aromatic carbocycles. The van der Waals surface area contributed by atoms with Crippen LogP contribution >= 0.6 is 0 Å². The van der Waals surface area contributed by atoms with Crippen molar-refractivity contribution in [2.75, 3.05) is 0 Å². The maximum absolute atomic E-state index is 14.8. The molecule has 0 bridgehead atoms. The monoisotopic (exact) mass is 391 g/mol. The van der Waals surface area contributed by atoms with Crippen LogP contribution in [0.2, 0.25) is 0 Å². The highest BCUT2D eigenvalue weighted by atomic mass is 19.1. The molecule has 0 aromatic heterocycles. The largest absolute Gasteiger partial charge is 0.483 e. The Morgan fingerprint density at radius 2 is 1.69 bits per heavy atom. The molecule has 1 saturated carbocycles. The topological polar surface area (TPSA) is 46.6 Å². The molecular formula is C24H22FNO3. The molecule has 4 nitrogen and oxygen atoms in total. The van der Waals surface area contributed by atoms with E-state index in [1.54, 1.807) is 23.1 Å². The van der Waals surface area contributed by atoms with Crippen molar-refractivity contribution in [2.45, 2.75) is 44.4 Å². The average Bonchev–Trinajstić information content (AvgIpc) is 3.01.